The molecule has 1 fully saturated rings. The number of aromatic amines is 2. The number of hydrogen-bond acceptors (Lipinski definition) is 11. The van der Waals surface area contributed by atoms with Gasteiger partial charge < -0.3 is 34.3 Å². The number of carbonyl (C=O) groups is 3. The number of rotatable bonds is 14. The van der Waals surface area contributed by atoms with Crippen LogP contribution in [0.5, 0.6) is 0 Å². The molecule has 71 heavy (non-hydrogen) atoms. The second kappa shape index (κ2) is 20.8. The molecule has 3 amide bonds. The number of nitrogens with zero attached hydrogens (tertiary/aromatic N) is 10. The van der Waals surface area contributed by atoms with E-state index >= 15 is 0 Å². The standard InChI is InChI=1S/C55H64N12O4/c1-62(2)23-24-63(3)53(68)38-17-19-43-45(30-38)60-49(58-43)33-64(4)47-15-9-13-37-29-40(32-57-51(37)47)41-21-22-56-52-42(41)14-10-16-48(52)65(5)34-50-59-44-20-18-39(31-46(44)61-50)54(69)66-25-27-67(28-26-66)55(70)71-35-36-11-7-6-8-12-36/h6-8,11-12,17-22,29-32,47-48H,9-10,13-16,23-28,33-35H2,1-5H3,(H,58,60)(H,59,61). The van der Waals surface area contributed by atoms with Crippen LogP contribution in [0.15, 0.2) is 91.3 Å². The van der Waals surface area contributed by atoms with Crippen molar-refractivity contribution >= 4 is 40.0 Å². The van der Waals surface area contributed by atoms with E-state index in [2.05, 4.69) is 57.1 Å². The Morgan fingerprint density at radius 1 is 0.690 bits per heavy atom. The highest BCUT2D eigenvalue weighted by Gasteiger charge is 2.31. The number of H-pyrrole nitrogens is 2. The first kappa shape index (κ1) is 47.7. The molecule has 0 spiro atoms. The number of fused-ring (bicyclic) bond motifs is 4. The Kier molecular flexibility index (Phi) is 13.9. The molecule has 16 nitrogen and oxygen atoms in total. The largest absolute Gasteiger partial charge is 0.445 e. The van der Waals surface area contributed by atoms with Gasteiger partial charge in [0.15, 0.2) is 0 Å². The minimum absolute atomic E-state index is 0.00220. The summed E-state index contributed by atoms with van der Waals surface area (Å²) in [6, 6.07) is 25.8. The molecule has 10 rings (SSSR count). The molecular formula is C55H64N12O4. The Balaban J connectivity index is 0.772. The third-order valence-corrected chi connectivity index (χ3v) is 14.5. The van der Waals surface area contributed by atoms with Gasteiger partial charge in [-0.1, -0.05) is 30.3 Å². The van der Waals surface area contributed by atoms with E-state index in [0.717, 1.165) is 101 Å². The second-order valence-corrected chi connectivity index (χ2v) is 19.8. The molecule has 0 bridgehead atoms. The number of piperazine rings is 1. The number of hydrogen-bond donors (Lipinski definition) is 2. The Morgan fingerprint density at radius 2 is 1.32 bits per heavy atom. The summed E-state index contributed by atoms with van der Waals surface area (Å²) in [6.07, 6.45) is 9.73. The molecule has 2 aliphatic carbocycles. The summed E-state index contributed by atoms with van der Waals surface area (Å²) in [5.41, 5.74) is 12.7. The predicted octanol–water partition coefficient (Wildman–Crippen LogP) is 7.64. The van der Waals surface area contributed by atoms with Crippen molar-refractivity contribution in [1.82, 2.24) is 59.3 Å². The van der Waals surface area contributed by atoms with Crippen LogP contribution >= 0.6 is 0 Å². The van der Waals surface area contributed by atoms with Crippen LogP contribution < -0.4 is 0 Å². The van der Waals surface area contributed by atoms with Gasteiger partial charge in [-0.25, -0.2) is 14.8 Å². The zero-order valence-electron chi connectivity index (χ0n) is 41.5. The van der Waals surface area contributed by atoms with Crippen molar-refractivity contribution in [2.45, 2.75) is 70.3 Å². The van der Waals surface area contributed by atoms with E-state index < -0.39 is 0 Å². The van der Waals surface area contributed by atoms with E-state index in [1.165, 1.54) is 16.7 Å². The maximum Gasteiger partial charge on any atom is 0.410 e. The fourth-order valence-electron chi connectivity index (χ4n) is 10.6. The van der Waals surface area contributed by atoms with Crippen LogP contribution in [-0.4, -0.2) is 152 Å². The van der Waals surface area contributed by atoms with Gasteiger partial charge >= 0.3 is 6.09 Å². The van der Waals surface area contributed by atoms with Crippen LogP contribution in [0.25, 0.3) is 33.2 Å². The molecule has 4 aromatic heterocycles. The summed E-state index contributed by atoms with van der Waals surface area (Å²) < 4.78 is 5.52. The number of likely N-dealkylation sites (N-methyl/N-ethyl adjacent to an activating group) is 2. The summed E-state index contributed by atoms with van der Waals surface area (Å²) in [5, 5.41) is 0. The van der Waals surface area contributed by atoms with Crippen molar-refractivity contribution in [2.24, 2.45) is 0 Å². The number of carbonyl (C=O) groups excluding carboxylic acids is 3. The highest BCUT2D eigenvalue weighted by Crippen LogP contribution is 2.40. The monoisotopic (exact) mass is 957 g/mol. The number of aryl methyl sites for hydroxylation is 1. The first-order valence-corrected chi connectivity index (χ1v) is 25.0. The Bertz CT molecular complexity index is 3050. The lowest BCUT2D eigenvalue weighted by molar-refractivity contribution is 0.0544. The molecule has 3 aromatic carbocycles. The SMILES string of the molecule is CN(C)CCN(C)C(=O)c1ccc2nc(CN(C)C3CCCc4cc(-c5ccnc6c5CCCC6N(C)Cc5nc6ccc(C(=O)N7CCN(C(=O)OCc8ccccc8)CC7)cc6[nH]5)cnc43)[nH]c2c1. The molecular weight excluding hydrogens is 893 g/mol. The van der Waals surface area contributed by atoms with Crippen molar-refractivity contribution in [3.63, 3.8) is 0 Å². The minimum Gasteiger partial charge on any atom is -0.445 e. The van der Waals surface area contributed by atoms with Crippen LogP contribution in [0, 0.1) is 0 Å². The van der Waals surface area contributed by atoms with E-state index in [-0.39, 0.29) is 36.6 Å². The molecule has 0 radical (unpaired) electrons. The topological polar surface area (TPSA) is 163 Å². The molecule has 2 atom stereocenters. The molecule has 5 heterocycles. The lowest BCUT2D eigenvalue weighted by atomic mass is 9.85. The predicted molar refractivity (Wildman–Crippen MR) is 274 cm³/mol. The van der Waals surface area contributed by atoms with Gasteiger partial charge in [-0.2, -0.15) is 0 Å². The average Bonchev–Trinajstić information content (AvgIpc) is 4.00. The number of imidazole rings is 2. The Hall–Kier alpha value is -7.01. The van der Waals surface area contributed by atoms with Gasteiger partial charge in [-0.3, -0.25) is 29.4 Å². The highest BCUT2D eigenvalue weighted by molar-refractivity contribution is 5.98. The van der Waals surface area contributed by atoms with Gasteiger partial charge in [0.05, 0.1) is 58.6 Å². The molecule has 16 heteroatoms. The lowest BCUT2D eigenvalue weighted by Crippen LogP contribution is -2.50. The normalized spacial score (nSPS) is 17.0. The van der Waals surface area contributed by atoms with Crippen molar-refractivity contribution in [1.29, 1.82) is 0 Å². The number of aromatic nitrogens is 6. The average molecular weight is 957 g/mol. The maximum atomic E-state index is 13.7. The van der Waals surface area contributed by atoms with Crippen LogP contribution in [0.2, 0.25) is 0 Å². The minimum atomic E-state index is -0.362. The molecule has 2 N–H and O–H groups in total. The van der Waals surface area contributed by atoms with Crippen LogP contribution in [-0.2, 0) is 37.3 Å². The third-order valence-electron chi connectivity index (χ3n) is 14.5. The van der Waals surface area contributed by atoms with Gasteiger partial charge in [0.25, 0.3) is 11.8 Å². The van der Waals surface area contributed by atoms with E-state index in [1.54, 1.807) is 14.7 Å². The van der Waals surface area contributed by atoms with E-state index in [0.29, 0.717) is 56.9 Å². The molecule has 1 saturated heterocycles. The second-order valence-electron chi connectivity index (χ2n) is 19.8. The van der Waals surface area contributed by atoms with Crippen molar-refractivity contribution in [3.8, 4) is 11.1 Å². The quantitative estimate of drug-likeness (QED) is 0.110. The summed E-state index contributed by atoms with van der Waals surface area (Å²) in [6.45, 7) is 4.62. The fraction of sp³-hybridized carbons (Fsp3) is 0.400. The Morgan fingerprint density at radius 3 is 2.01 bits per heavy atom. The molecule has 7 aromatic rings. The highest BCUT2D eigenvalue weighted by atomic mass is 16.6. The smallest absolute Gasteiger partial charge is 0.410 e. The van der Waals surface area contributed by atoms with Crippen LogP contribution in [0.4, 0.5) is 4.79 Å². The number of pyridine rings is 2. The van der Waals surface area contributed by atoms with Gasteiger partial charge in [-0.05, 0) is 138 Å². The summed E-state index contributed by atoms with van der Waals surface area (Å²) in [7, 11) is 10.2. The summed E-state index contributed by atoms with van der Waals surface area (Å²) in [4.78, 5) is 78.6. The zero-order valence-corrected chi connectivity index (χ0v) is 41.5. The van der Waals surface area contributed by atoms with Crippen molar-refractivity contribution in [3.05, 3.63) is 142 Å². The molecule has 368 valence electrons. The van der Waals surface area contributed by atoms with Gasteiger partial charge in [0.1, 0.15) is 18.3 Å². The van der Waals surface area contributed by atoms with Gasteiger partial charge in [0.2, 0.25) is 0 Å². The van der Waals surface area contributed by atoms with Crippen LogP contribution in [0.3, 0.4) is 0 Å². The number of amides is 3. The van der Waals surface area contributed by atoms with Crippen LogP contribution in [0.1, 0.15) is 98.2 Å². The maximum absolute atomic E-state index is 13.7. The van der Waals surface area contributed by atoms with Crippen molar-refractivity contribution < 1.29 is 19.1 Å². The van der Waals surface area contributed by atoms with Gasteiger partial charge in [-0.15, -0.1) is 0 Å². The molecule has 0 saturated carbocycles. The molecule has 2 unspecified atom stereocenters. The number of benzene rings is 3. The number of ether oxygens (including phenoxy) is 1. The van der Waals surface area contributed by atoms with E-state index in [1.807, 2.05) is 94.1 Å². The number of nitrogens with one attached hydrogen (secondary N) is 2. The van der Waals surface area contributed by atoms with Crippen molar-refractivity contribution in [2.75, 3.05) is 74.5 Å². The molecule has 1 aliphatic heterocycles. The Labute approximate surface area is 415 Å². The first-order valence-electron chi connectivity index (χ1n) is 25.0. The zero-order chi connectivity index (χ0) is 49.2. The summed E-state index contributed by atoms with van der Waals surface area (Å²) >= 11 is 0. The van der Waals surface area contributed by atoms with E-state index in [4.69, 9.17) is 24.7 Å². The lowest BCUT2D eigenvalue weighted by Gasteiger charge is -2.34. The fourth-order valence-corrected chi connectivity index (χ4v) is 10.6. The first-order chi connectivity index (χ1) is 34.4. The van der Waals surface area contributed by atoms with E-state index in [9.17, 15) is 14.4 Å². The third kappa shape index (κ3) is 10.4. The molecule has 3 aliphatic rings. The van der Waals surface area contributed by atoms with Gasteiger partial charge in [0, 0.05) is 75.4 Å². The summed E-state index contributed by atoms with van der Waals surface area (Å²) in [5.74, 6) is 1.63.